The second kappa shape index (κ2) is 9.34. The van der Waals surface area contributed by atoms with Gasteiger partial charge in [-0.2, -0.15) is 4.98 Å². The van der Waals surface area contributed by atoms with Crippen molar-refractivity contribution < 1.29 is 33.2 Å². The summed E-state index contributed by atoms with van der Waals surface area (Å²) in [5.41, 5.74) is 3.89. The second-order valence-electron chi connectivity index (χ2n) is 9.29. The number of hydrogen-bond acceptors (Lipinski definition) is 8. The van der Waals surface area contributed by atoms with Gasteiger partial charge < -0.3 is 33.8 Å². The third-order valence-electron chi connectivity index (χ3n) is 7.00. The van der Waals surface area contributed by atoms with E-state index in [1.54, 1.807) is 7.11 Å². The van der Waals surface area contributed by atoms with Gasteiger partial charge in [0.05, 0.1) is 25.3 Å². The van der Waals surface area contributed by atoms with Crippen LogP contribution in [0.3, 0.4) is 0 Å². The minimum absolute atomic E-state index is 0.0520. The van der Waals surface area contributed by atoms with Crippen molar-refractivity contribution in [1.82, 2.24) is 15.0 Å². The number of nitrogens with zero attached hydrogens (tertiary/aromatic N) is 2. The number of methoxy groups -OCH3 is 1. The Morgan fingerprint density at radius 2 is 2.03 bits per heavy atom. The monoisotopic (exact) mass is 485 g/mol. The first-order valence-electron chi connectivity index (χ1n) is 12.0. The van der Waals surface area contributed by atoms with E-state index in [-0.39, 0.29) is 36.7 Å². The van der Waals surface area contributed by atoms with Crippen molar-refractivity contribution in [2.24, 2.45) is 0 Å². The summed E-state index contributed by atoms with van der Waals surface area (Å²) in [5.74, 6) is 0.362. The summed E-state index contributed by atoms with van der Waals surface area (Å²) in [5, 5.41) is 9.91. The molecule has 2 aromatic heterocycles. The fraction of sp³-hybridized carbons (Fsp3) is 0.520. The van der Waals surface area contributed by atoms with Gasteiger partial charge in [-0.3, -0.25) is 0 Å². The molecule has 0 radical (unpaired) electrons. The molecule has 3 aliphatic rings. The van der Waals surface area contributed by atoms with Crippen molar-refractivity contribution in [3.63, 3.8) is 0 Å². The molecule has 186 valence electrons. The molecule has 6 rings (SSSR count). The third-order valence-corrected chi connectivity index (χ3v) is 7.00. The number of hydrogen-bond donors (Lipinski definition) is 2. The highest BCUT2D eigenvalue weighted by molar-refractivity contribution is 5.71. The SMILES string of the molecule is COCCOc1cc(F)c2c(c1)CCC2Cc1ccc2[nH]c(O[C@@H]3CO[C@H]4[C@@H]3OC[C@H]4O)nc2n1. The van der Waals surface area contributed by atoms with Crippen molar-refractivity contribution in [3.8, 4) is 11.8 Å². The molecule has 4 heterocycles. The van der Waals surface area contributed by atoms with Gasteiger partial charge in [-0.05, 0) is 54.5 Å². The Hall–Kier alpha value is -2.79. The maximum atomic E-state index is 15.0. The van der Waals surface area contributed by atoms with Gasteiger partial charge in [-0.15, -0.1) is 0 Å². The van der Waals surface area contributed by atoms with Crippen LogP contribution in [0.4, 0.5) is 4.39 Å². The molecule has 5 atom stereocenters. The lowest BCUT2D eigenvalue weighted by Crippen LogP contribution is -2.34. The zero-order valence-corrected chi connectivity index (χ0v) is 19.4. The van der Waals surface area contributed by atoms with Crippen LogP contribution in [-0.2, 0) is 27.1 Å². The Labute approximate surface area is 201 Å². The molecule has 2 aliphatic heterocycles. The largest absolute Gasteiger partial charge is 0.491 e. The first-order chi connectivity index (χ1) is 17.1. The van der Waals surface area contributed by atoms with Gasteiger partial charge in [-0.25, -0.2) is 9.37 Å². The Morgan fingerprint density at radius 1 is 1.14 bits per heavy atom. The third kappa shape index (κ3) is 4.35. The maximum Gasteiger partial charge on any atom is 0.296 e. The fourth-order valence-electron chi connectivity index (χ4n) is 5.34. The molecule has 2 saturated heterocycles. The lowest BCUT2D eigenvalue weighted by Gasteiger charge is -2.15. The summed E-state index contributed by atoms with van der Waals surface area (Å²) < 4.78 is 42.8. The van der Waals surface area contributed by atoms with Crippen LogP contribution >= 0.6 is 0 Å². The first-order valence-corrected chi connectivity index (χ1v) is 12.0. The van der Waals surface area contributed by atoms with Crippen LogP contribution in [-0.4, -0.2) is 78.0 Å². The number of ether oxygens (including phenoxy) is 5. The van der Waals surface area contributed by atoms with E-state index in [1.165, 1.54) is 6.07 Å². The number of aryl methyl sites for hydroxylation is 1. The van der Waals surface area contributed by atoms with E-state index in [0.29, 0.717) is 43.6 Å². The predicted octanol–water partition coefficient (Wildman–Crippen LogP) is 2.30. The number of halogens is 1. The van der Waals surface area contributed by atoms with Gasteiger partial charge in [0.1, 0.15) is 36.5 Å². The van der Waals surface area contributed by atoms with Gasteiger partial charge in [0.25, 0.3) is 6.01 Å². The normalized spacial score (nSPS) is 27.3. The average Bonchev–Trinajstić information content (AvgIpc) is 3.60. The number of H-pyrrole nitrogens is 1. The molecule has 0 saturated carbocycles. The van der Waals surface area contributed by atoms with Crippen molar-refractivity contribution >= 4 is 11.2 Å². The Morgan fingerprint density at radius 3 is 2.91 bits per heavy atom. The summed E-state index contributed by atoms with van der Waals surface area (Å²) in [6.07, 6.45) is 0.634. The van der Waals surface area contributed by atoms with Gasteiger partial charge in [-0.1, -0.05) is 0 Å². The van der Waals surface area contributed by atoms with Crippen LogP contribution in [0.2, 0.25) is 0 Å². The minimum atomic E-state index is -0.631. The number of aliphatic hydroxyl groups excluding tert-OH is 1. The number of pyridine rings is 1. The number of rotatable bonds is 8. The molecule has 3 aromatic rings. The van der Waals surface area contributed by atoms with E-state index < -0.39 is 6.10 Å². The molecule has 2 N–H and O–H groups in total. The lowest BCUT2D eigenvalue weighted by molar-refractivity contribution is 0.00706. The molecule has 1 unspecified atom stereocenters. The average molecular weight is 486 g/mol. The number of fused-ring (bicyclic) bond motifs is 3. The van der Waals surface area contributed by atoms with E-state index >= 15 is 0 Å². The van der Waals surface area contributed by atoms with Crippen LogP contribution in [0.1, 0.15) is 29.2 Å². The second-order valence-corrected chi connectivity index (χ2v) is 9.29. The van der Waals surface area contributed by atoms with Crippen LogP contribution in [0.25, 0.3) is 11.2 Å². The number of imidazole rings is 1. The number of aromatic nitrogens is 3. The summed E-state index contributed by atoms with van der Waals surface area (Å²) >= 11 is 0. The highest BCUT2D eigenvalue weighted by atomic mass is 19.1. The standard InChI is InChI=1S/C25H28FN3O6/c1-31-6-7-32-16-9-14-3-2-13(21(14)17(26)10-16)8-15-4-5-18-24(27-15)29-25(28-18)35-20-12-34-22-19(30)11-33-23(20)22/h4-5,9-10,13,19-20,22-23,30H,2-3,6-8,11-12H2,1H3,(H,27,28,29)/t13?,19-,20-,22-,23-/m1/s1. The maximum absolute atomic E-state index is 15.0. The number of aromatic amines is 1. The van der Waals surface area contributed by atoms with E-state index in [2.05, 4.69) is 9.97 Å². The summed E-state index contributed by atoms with van der Waals surface area (Å²) in [7, 11) is 1.61. The van der Waals surface area contributed by atoms with Gasteiger partial charge in [0, 0.05) is 18.9 Å². The molecule has 9 nitrogen and oxygen atoms in total. The Bertz CT molecular complexity index is 1220. The predicted molar refractivity (Wildman–Crippen MR) is 122 cm³/mol. The number of benzene rings is 1. The van der Waals surface area contributed by atoms with Gasteiger partial charge >= 0.3 is 0 Å². The van der Waals surface area contributed by atoms with Crippen LogP contribution in [0.5, 0.6) is 11.8 Å². The summed E-state index contributed by atoms with van der Waals surface area (Å²) in [6, 6.07) is 7.59. The van der Waals surface area contributed by atoms with E-state index in [4.69, 9.17) is 28.7 Å². The molecule has 0 bridgehead atoms. The van der Waals surface area contributed by atoms with E-state index in [9.17, 15) is 9.50 Å². The number of aliphatic hydroxyl groups is 1. The smallest absolute Gasteiger partial charge is 0.296 e. The summed E-state index contributed by atoms with van der Waals surface area (Å²) in [6.45, 7) is 1.42. The molecule has 1 aliphatic carbocycles. The quantitative estimate of drug-likeness (QED) is 0.468. The molecular weight excluding hydrogens is 457 g/mol. The van der Waals surface area contributed by atoms with Crippen molar-refractivity contribution in [2.75, 3.05) is 33.5 Å². The molecule has 2 fully saturated rings. The van der Waals surface area contributed by atoms with Crippen molar-refractivity contribution in [2.45, 2.75) is 49.6 Å². The molecule has 35 heavy (non-hydrogen) atoms. The van der Waals surface area contributed by atoms with E-state index in [1.807, 2.05) is 18.2 Å². The molecule has 0 amide bonds. The molecule has 10 heteroatoms. The van der Waals surface area contributed by atoms with Crippen molar-refractivity contribution in [1.29, 1.82) is 0 Å². The molecular formula is C25H28FN3O6. The minimum Gasteiger partial charge on any atom is -0.491 e. The van der Waals surface area contributed by atoms with E-state index in [0.717, 1.165) is 35.2 Å². The van der Waals surface area contributed by atoms with Gasteiger partial charge in [0.2, 0.25) is 0 Å². The van der Waals surface area contributed by atoms with Crippen LogP contribution in [0, 0.1) is 5.82 Å². The Balaban J connectivity index is 1.15. The first kappa shape index (κ1) is 22.7. The molecule has 1 aromatic carbocycles. The Kier molecular flexibility index (Phi) is 6.05. The summed E-state index contributed by atoms with van der Waals surface area (Å²) in [4.78, 5) is 12.3. The highest BCUT2D eigenvalue weighted by Crippen LogP contribution is 2.39. The van der Waals surface area contributed by atoms with Crippen LogP contribution < -0.4 is 9.47 Å². The van der Waals surface area contributed by atoms with Gasteiger partial charge in [0.15, 0.2) is 11.8 Å². The topological polar surface area (TPSA) is 108 Å². The van der Waals surface area contributed by atoms with Crippen molar-refractivity contribution in [3.05, 3.63) is 46.9 Å². The highest BCUT2D eigenvalue weighted by Gasteiger charge is 2.48. The molecule has 0 spiro atoms. The zero-order chi connectivity index (χ0) is 23.9. The fourth-order valence-corrected chi connectivity index (χ4v) is 5.34. The number of nitrogens with one attached hydrogen (secondary N) is 1. The zero-order valence-electron chi connectivity index (χ0n) is 19.4. The van der Waals surface area contributed by atoms with Crippen LogP contribution in [0.15, 0.2) is 24.3 Å². The lowest BCUT2D eigenvalue weighted by atomic mass is 9.95.